The number of halogens is 1. The highest BCUT2D eigenvalue weighted by Crippen LogP contribution is 2.29. The van der Waals surface area contributed by atoms with E-state index in [1.54, 1.807) is 19.2 Å². The number of rotatable bonds is 7. The van der Waals surface area contributed by atoms with E-state index in [1.807, 2.05) is 57.2 Å². The predicted octanol–water partition coefficient (Wildman–Crippen LogP) is 5.72. The van der Waals surface area contributed by atoms with E-state index in [9.17, 15) is 0 Å². The van der Waals surface area contributed by atoms with E-state index in [1.165, 1.54) is 0 Å². The van der Waals surface area contributed by atoms with Crippen LogP contribution in [0.15, 0.2) is 48.5 Å². The van der Waals surface area contributed by atoms with Crippen LogP contribution in [0.4, 0.5) is 23.1 Å². The van der Waals surface area contributed by atoms with Gasteiger partial charge in [-0.1, -0.05) is 11.6 Å². The molecule has 0 spiro atoms. The molecule has 0 fully saturated rings. The molecular formula is C21H23ClN4O2. The minimum absolute atomic E-state index is 0.138. The van der Waals surface area contributed by atoms with E-state index in [2.05, 4.69) is 20.6 Å². The standard InChI is InChI=1S/C21H23ClN4O2/c1-13(2)28-17-8-5-15(6-9-17)25-21-23-14(3)11-20(26-21)24-16-7-10-19(27-4)18(22)12-16/h5-13H,1-4H3,(H2,23,24,25,26). The SMILES string of the molecule is COc1ccc(Nc2cc(C)nc(Nc3ccc(OC(C)C)cc3)n2)cc1Cl. The summed E-state index contributed by atoms with van der Waals surface area (Å²) < 4.78 is 10.8. The van der Waals surface area contributed by atoms with E-state index in [0.29, 0.717) is 22.5 Å². The van der Waals surface area contributed by atoms with E-state index in [-0.39, 0.29) is 6.10 Å². The number of anilines is 4. The van der Waals surface area contributed by atoms with Gasteiger partial charge in [-0.3, -0.25) is 0 Å². The molecule has 146 valence electrons. The number of ether oxygens (including phenoxy) is 2. The van der Waals surface area contributed by atoms with Crippen LogP contribution in [-0.2, 0) is 0 Å². The van der Waals surface area contributed by atoms with Gasteiger partial charge < -0.3 is 20.1 Å². The fourth-order valence-electron chi connectivity index (χ4n) is 2.60. The molecule has 28 heavy (non-hydrogen) atoms. The topological polar surface area (TPSA) is 68.3 Å². The van der Waals surface area contributed by atoms with E-state index < -0.39 is 0 Å². The third-order valence-corrected chi connectivity index (χ3v) is 4.06. The van der Waals surface area contributed by atoms with Crippen LogP contribution in [0, 0.1) is 6.92 Å². The van der Waals surface area contributed by atoms with Crippen LogP contribution in [0.1, 0.15) is 19.5 Å². The van der Waals surface area contributed by atoms with Gasteiger partial charge in [-0.05, 0) is 63.2 Å². The molecule has 0 radical (unpaired) electrons. The number of methoxy groups -OCH3 is 1. The molecule has 0 saturated heterocycles. The lowest BCUT2D eigenvalue weighted by Crippen LogP contribution is -2.05. The van der Waals surface area contributed by atoms with Gasteiger partial charge in [0.05, 0.1) is 18.2 Å². The van der Waals surface area contributed by atoms with Crippen molar-refractivity contribution in [1.82, 2.24) is 9.97 Å². The lowest BCUT2D eigenvalue weighted by Gasteiger charge is -2.12. The molecular weight excluding hydrogens is 376 g/mol. The molecule has 6 nitrogen and oxygen atoms in total. The van der Waals surface area contributed by atoms with Gasteiger partial charge in [0.2, 0.25) is 5.95 Å². The maximum atomic E-state index is 6.19. The van der Waals surface area contributed by atoms with Gasteiger partial charge in [0.15, 0.2) is 0 Å². The number of nitrogens with one attached hydrogen (secondary N) is 2. The largest absolute Gasteiger partial charge is 0.495 e. The van der Waals surface area contributed by atoms with E-state index in [4.69, 9.17) is 21.1 Å². The number of nitrogens with zero attached hydrogens (tertiary/aromatic N) is 2. The van der Waals surface area contributed by atoms with Crippen molar-refractivity contribution in [3.05, 3.63) is 59.2 Å². The fourth-order valence-corrected chi connectivity index (χ4v) is 2.86. The molecule has 0 amide bonds. The zero-order valence-corrected chi connectivity index (χ0v) is 17.0. The van der Waals surface area contributed by atoms with E-state index in [0.717, 1.165) is 22.8 Å². The molecule has 0 aliphatic carbocycles. The summed E-state index contributed by atoms with van der Waals surface area (Å²) in [7, 11) is 1.58. The first-order chi connectivity index (χ1) is 13.4. The number of hydrogen-bond donors (Lipinski definition) is 2. The molecule has 0 aliphatic rings. The molecule has 7 heteroatoms. The van der Waals surface area contributed by atoms with Gasteiger partial charge in [0, 0.05) is 23.1 Å². The highest BCUT2D eigenvalue weighted by molar-refractivity contribution is 6.32. The van der Waals surface area contributed by atoms with Crippen molar-refractivity contribution in [2.45, 2.75) is 26.9 Å². The fraction of sp³-hybridized carbons (Fsp3) is 0.238. The van der Waals surface area contributed by atoms with Crippen molar-refractivity contribution in [3.8, 4) is 11.5 Å². The first-order valence-electron chi connectivity index (χ1n) is 8.93. The number of hydrogen-bond acceptors (Lipinski definition) is 6. The second kappa shape index (κ2) is 8.80. The number of benzene rings is 2. The second-order valence-corrected chi connectivity index (χ2v) is 6.92. The Morgan fingerprint density at radius 3 is 2.29 bits per heavy atom. The van der Waals surface area contributed by atoms with Crippen LogP contribution < -0.4 is 20.1 Å². The molecule has 2 aromatic carbocycles. The Bertz CT molecular complexity index is 946. The summed E-state index contributed by atoms with van der Waals surface area (Å²) in [5.74, 6) is 2.61. The van der Waals surface area contributed by atoms with Crippen LogP contribution in [-0.4, -0.2) is 23.2 Å². The van der Waals surface area contributed by atoms with Crippen LogP contribution in [0.5, 0.6) is 11.5 Å². The Balaban J connectivity index is 1.75. The Hall–Kier alpha value is -2.99. The number of aryl methyl sites for hydroxylation is 1. The molecule has 0 unspecified atom stereocenters. The zero-order chi connectivity index (χ0) is 20.1. The molecule has 3 rings (SSSR count). The van der Waals surface area contributed by atoms with Crippen molar-refractivity contribution >= 4 is 34.7 Å². The zero-order valence-electron chi connectivity index (χ0n) is 16.3. The third kappa shape index (κ3) is 5.27. The van der Waals surface area contributed by atoms with Crippen molar-refractivity contribution in [2.24, 2.45) is 0 Å². The first-order valence-corrected chi connectivity index (χ1v) is 9.31. The minimum atomic E-state index is 0.138. The van der Waals surface area contributed by atoms with Gasteiger partial charge in [-0.25, -0.2) is 4.98 Å². The highest BCUT2D eigenvalue weighted by atomic mass is 35.5. The van der Waals surface area contributed by atoms with Gasteiger partial charge in [-0.2, -0.15) is 4.98 Å². The van der Waals surface area contributed by atoms with Crippen LogP contribution in [0.2, 0.25) is 5.02 Å². The van der Waals surface area contributed by atoms with E-state index >= 15 is 0 Å². The van der Waals surface area contributed by atoms with Crippen LogP contribution in [0.25, 0.3) is 0 Å². The Morgan fingerprint density at radius 2 is 1.64 bits per heavy atom. The van der Waals surface area contributed by atoms with Crippen molar-refractivity contribution in [3.63, 3.8) is 0 Å². The summed E-state index contributed by atoms with van der Waals surface area (Å²) in [6, 6.07) is 15.0. The van der Waals surface area contributed by atoms with Gasteiger partial charge in [0.1, 0.15) is 17.3 Å². The second-order valence-electron chi connectivity index (χ2n) is 6.51. The maximum Gasteiger partial charge on any atom is 0.229 e. The first kappa shape index (κ1) is 19.8. The highest BCUT2D eigenvalue weighted by Gasteiger charge is 2.06. The smallest absolute Gasteiger partial charge is 0.229 e. The monoisotopic (exact) mass is 398 g/mol. The Labute approximate surface area is 169 Å². The molecule has 0 aliphatic heterocycles. The maximum absolute atomic E-state index is 6.19. The summed E-state index contributed by atoms with van der Waals surface area (Å²) in [5, 5.41) is 6.99. The van der Waals surface area contributed by atoms with Gasteiger partial charge in [-0.15, -0.1) is 0 Å². The number of aromatic nitrogens is 2. The van der Waals surface area contributed by atoms with Crippen molar-refractivity contribution in [2.75, 3.05) is 17.7 Å². The summed E-state index contributed by atoms with van der Waals surface area (Å²) in [4.78, 5) is 8.98. The normalized spacial score (nSPS) is 10.6. The summed E-state index contributed by atoms with van der Waals surface area (Å²) in [5.41, 5.74) is 2.52. The average molecular weight is 399 g/mol. The molecule has 1 heterocycles. The average Bonchev–Trinajstić information content (AvgIpc) is 2.63. The minimum Gasteiger partial charge on any atom is -0.495 e. The summed E-state index contributed by atoms with van der Waals surface area (Å²) >= 11 is 6.19. The van der Waals surface area contributed by atoms with Crippen LogP contribution in [0.3, 0.4) is 0 Å². The predicted molar refractivity (Wildman–Crippen MR) is 114 cm³/mol. The third-order valence-electron chi connectivity index (χ3n) is 3.76. The van der Waals surface area contributed by atoms with Gasteiger partial charge in [0.25, 0.3) is 0 Å². The molecule has 0 saturated carbocycles. The Kier molecular flexibility index (Phi) is 6.21. The van der Waals surface area contributed by atoms with Crippen molar-refractivity contribution < 1.29 is 9.47 Å². The summed E-state index contributed by atoms with van der Waals surface area (Å²) in [6.07, 6.45) is 0.138. The molecule has 3 aromatic rings. The molecule has 1 aromatic heterocycles. The molecule has 0 atom stereocenters. The van der Waals surface area contributed by atoms with Gasteiger partial charge >= 0.3 is 0 Å². The molecule has 2 N–H and O–H groups in total. The summed E-state index contributed by atoms with van der Waals surface area (Å²) in [6.45, 7) is 5.91. The molecule has 0 bridgehead atoms. The lowest BCUT2D eigenvalue weighted by atomic mass is 10.3. The lowest BCUT2D eigenvalue weighted by molar-refractivity contribution is 0.242. The Morgan fingerprint density at radius 1 is 0.929 bits per heavy atom. The quantitative estimate of drug-likeness (QED) is 0.530. The van der Waals surface area contributed by atoms with Crippen molar-refractivity contribution in [1.29, 1.82) is 0 Å². The van der Waals surface area contributed by atoms with Crippen LogP contribution >= 0.6 is 11.6 Å².